The zero-order chi connectivity index (χ0) is 13.8. The van der Waals surface area contributed by atoms with Gasteiger partial charge in [0.05, 0.1) is 17.4 Å². The highest BCUT2D eigenvalue weighted by Crippen LogP contribution is 2.23. The van der Waals surface area contributed by atoms with Crippen molar-refractivity contribution in [1.29, 1.82) is 0 Å². The number of nitrogens with two attached hydrogens (primary N) is 1. The van der Waals surface area contributed by atoms with E-state index in [0.717, 1.165) is 24.8 Å². The van der Waals surface area contributed by atoms with Gasteiger partial charge < -0.3 is 15.5 Å². The molecule has 0 radical (unpaired) electrons. The maximum atomic E-state index is 12.3. The number of anilines is 1. The summed E-state index contributed by atoms with van der Waals surface area (Å²) in [6.07, 6.45) is 3.09. The molecule has 4 N–H and O–H groups in total. The zero-order valence-corrected chi connectivity index (χ0v) is 11.4. The number of methoxy groups -OCH3 is 1. The Labute approximate surface area is 113 Å². The number of aryl methyl sites for hydroxylation is 1. The van der Waals surface area contributed by atoms with E-state index in [-0.39, 0.29) is 18.1 Å². The van der Waals surface area contributed by atoms with Gasteiger partial charge in [0.15, 0.2) is 0 Å². The minimum absolute atomic E-state index is 0.0848. The number of nitrogens with one attached hydrogen (secondary N) is 2. The van der Waals surface area contributed by atoms with E-state index in [0.29, 0.717) is 11.3 Å². The average molecular weight is 263 g/mol. The number of carbonyl (C=O) groups is 1. The van der Waals surface area contributed by atoms with Gasteiger partial charge in [0.2, 0.25) is 0 Å². The number of ether oxygens (including phenoxy) is 1. The van der Waals surface area contributed by atoms with Crippen LogP contribution >= 0.6 is 0 Å². The standard InChI is InChI=1S/C14H21N3O2/c1-9-3-6-13(17-15)12(7-9)14(18)16-10-4-5-11(8-10)19-2/h3,6-7,10-11,17H,4-5,8,15H2,1-2H3,(H,16,18). The summed E-state index contributed by atoms with van der Waals surface area (Å²) in [6, 6.07) is 5.76. The highest BCUT2D eigenvalue weighted by Gasteiger charge is 2.26. The molecule has 1 aliphatic carbocycles. The van der Waals surface area contributed by atoms with Crippen molar-refractivity contribution in [2.24, 2.45) is 5.84 Å². The number of carbonyl (C=O) groups excluding carboxylic acids is 1. The van der Waals surface area contributed by atoms with E-state index in [4.69, 9.17) is 10.6 Å². The normalized spacial score (nSPS) is 22.3. The van der Waals surface area contributed by atoms with Crippen molar-refractivity contribution in [2.45, 2.75) is 38.3 Å². The van der Waals surface area contributed by atoms with Crippen LogP contribution in [0.2, 0.25) is 0 Å². The Morgan fingerprint density at radius 3 is 2.84 bits per heavy atom. The molecule has 1 aromatic carbocycles. The lowest BCUT2D eigenvalue weighted by Gasteiger charge is -2.15. The lowest BCUT2D eigenvalue weighted by atomic mass is 10.1. The van der Waals surface area contributed by atoms with E-state index in [1.54, 1.807) is 7.11 Å². The highest BCUT2D eigenvalue weighted by atomic mass is 16.5. The van der Waals surface area contributed by atoms with Crippen LogP contribution in [-0.2, 0) is 4.74 Å². The third-order valence-electron chi connectivity index (χ3n) is 3.63. The fourth-order valence-electron chi connectivity index (χ4n) is 2.52. The van der Waals surface area contributed by atoms with Gasteiger partial charge in [-0.25, -0.2) is 0 Å². The van der Waals surface area contributed by atoms with E-state index in [2.05, 4.69) is 10.7 Å². The van der Waals surface area contributed by atoms with Crippen LogP contribution in [0, 0.1) is 6.92 Å². The van der Waals surface area contributed by atoms with Gasteiger partial charge >= 0.3 is 0 Å². The first-order chi connectivity index (χ1) is 9.13. The fraction of sp³-hybridized carbons (Fsp3) is 0.500. The Hall–Kier alpha value is -1.59. The van der Waals surface area contributed by atoms with Gasteiger partial charge in [-0.05, 0) is 38.3 Å². The summed E-state index contributed by atoms with van der Waals surface area (Å²) >= 11 is 0. The first-order valence-electron chi connectivity index (χ1n) is 6.55. The average Bonchev–Trinajstić information content (AvgIpc) is 2.86. The second-order valence-corrected chi connectivity index (χ2v) is 5.03. The van der Waals surface area contributed by atoms with Crippen LogP contribution in [0.3, 0.4) is 0 Å². The topological polar surface area (TPSA) is 76.4 Å². The number of hydrogen-bond donors (Lipinski definition) is 3. The number of hydrazine groups is 1. The molecule has 1 fully saturated rings. The lowest BCUT2D eigenvalue weighted by Crippen LogP contribution is -2.34. The van der Waals surface area contributed by atoms with Gasteiger partial charge in [0.25, 0.3) is 5.91 Å². The second kappa shape index (κ2) is 6.04. The van der Waals surface area contributed by atoms with Crippen LogP contribution in [0.4, 0.5) is 5.69 Å². The van der Waals surface area contributed by atoms with Gasteiger partial charge in [-0.1, -0.05) is 11.6 Å². The van der Waals surface area contributed by atoms with Gasteiger partial charge in [0, 0.05) is 13.2 Å². The van der Waals surface area contributed by atoms with Crippen molar-refractivity contribution in [3.05, 3.63) is 29.3 Å². The molecule has 2 unspecified atom stereocenters. The summed E-state index contributed by atoms with van der Waals surface area (Å²) in [7, 11) is 1.71. The Bertz CT molecular complexity index is 462. The van der Waals surface area contributed by atoms with Crippen molar-refractivity contribution in [3.63, 3.8) is 0 Å². The maximum absolute atomic E-state index is 12.3. The predicted molar refractivity (Wildman–Crippen MR) is 74.9 cm³/mol. The van der Waals surface area contributed by atoms with Crippen LogP contribution in [0.5, 0.6) is 0 Å². The molecular weight excluding hydrogens is 242 g/mol. The summed E-state index contributed by atoms with van der Waals surface area (Å²) in [5.41, 5.74) is 4.83. The molecule has 0 spiro atoms. The highest BCUT2D eigenvalue weighted by molar-refractivity contribution is 5.99. The zero-order valence-electron chi connectivity index (χ0n) is 11.4. The molecule has 5 heteroatoms. The van der Waals surface area contributed by atoms with Crippen molar-refractivity contribution >= 4 is 11.6 Å². The summed E-state index contributed by atoms with van der Waals surface area (Å²) < 4.78 is 5.31. The van der Waals surface area contributed by atoms with Gasteiger partial charge in [0.1, 0.15) is 0 Å². The molecule has 2 atom stereocenters. The van der Waals surface area contributed by atoms with Crippen molar-refractivity contribution in [2.75, 3.05) is 12.5 Å². The van der Waals surface area contributed by atoms with Gasteiger partial charge in [-0.3, -0.25) is 10.6 Å². The molecule has 2 rings (SSSR count). The third kappa shape index (κ3) is 3.24. The summed E-state index contributed by atoms with van der Waals surface area (Å²) in [4.78, 5) is 12.3. The summed E-state index contributed by atoms with van der Waals surface area (Å²) in [5.74, 6) is 5.36. The van der Waals surface area contributed by atoms with Gasteiger partial charge in [-0.2, -0.15) is 0 Å². The summed E-state index contributed by atoms with van der Waals surface area (Å²) in [5, 5.41) is 3.05. The largest absolute Gasteiger partial charge is 0.381 e. The molecule has 1 aromatic rings. The Kier molecular flexibility index (Phi) is 4.39. The quantitative estimate of drug-likeness (QED) is 0.569. The fourth-order valence-corrected chi connectivity index (χ4v) is 2.52. The molecule has 1 aliphatic rings. The molecule has 19 heavy (non-hydrogen) atoms. The smallest absolute Gasteiger partial charge is 0.253 e. The molecule has 0 bridgehead atoms. The third-order valence-corrected chi connectivity index (χ3v) is 3.63. The number of benzene rings is 1. The molecule has 1 amide bonds. The minimum atomic E-state index is -0.0848. The Morgan fingerprint density at radius 2 is 2.21 bits per heavy atom. The first-order valence-corrected chi connectivity index (χ1v) is 6.55. The Morgan fingerprint density at radius 1 is 1.42 bits per heavy atom. The first kappa shape index (κ1) is 13.8. The number of nitrogen functional groups attached to an aromatic ring is 1. The monoisotopic (exact) mass is 263 g/mol. The van der Waals surface area contributed by atoms with E-state index >= 15 is 0 Å². The van der Waals surface area contributed by atoms with Crippen LogP contribution in [0.25, 0.3) is 0 Å². The Balaban J connectivity index is 2.06. The lowest BCUT2D eigenvalue weighted by molar-refractivity contribution is 0.0915. The van der Waals surface area contributed by atoms with Gasteiger partial charge in [-0.15, -0.1) is 0 Å². The van der Waals surface area contributed by atoms with E-state index in [1.165, 1.54) is 0 Å². The minimum Gasteiger partial charge on any atom is -0.381 e. The molecule has 0 saturated heterocycles. The maximum Gasteiger partial charge on any atom is 0.253 e. The predicted octanol–water partition coefficient (Wildman–Crippen LogP) is 1.58. The molecule has 5 nitrogen and oxygen atoms in total. The van der Waals surface area contributed by atoms with E-state index in [1.807, 2.05) is 25.1 Å². The van der Waals surface area contributed by atoms with Crippen LogP contribution in [-0.4, -0.2) is 25.2 Å². The molecular formula is C14H21N3O2. The SMILES string of the molecule is COC1CCC(NC(=O)c2cc(C)ccc2NN)C1. The van der Waals surface area contributed by atoms with Crippen LogP contribution < -0.4 is 16.6 Å². The van der Waals surface area contributed by atoms with E-state index < -0.39 is 0 Å². The van der Waals surface area contributed by atoms with Crippen LogP contribution in [0.1, 0.15) is 35.2 Å². The number of hydrogen-bond acceptors (Lipinski definition) is 4. The van der Waals surface area contributed by atoms with Crippen molar-refractivity contribution in [1.82, 2.24) is 5.32 Å². The summed E-state index contributed by atoms with van der Waals surface area (Å²) in [6.45, 7) is 1.95. The molecule has 0 aromatic heterocycles. The number of rotatable bonds is 4. The molecule has 1 saturated carbocycles. The van der Waals surface area contributed by atoms with Crippen molar-refractivity contribution in [3.8, 4) is 0 Å². The number of amides is 1. The molecule has 104 valence electrons. The van der Waals surface area contributed by atoms with Crippen LogP contribution in [0.15, 0.2) is 18.2 Å². The molecule has 0 aliphatic heterocycles. The van der Waals surface area contributed by atoms with Crippen molar-refractivity contribution < 1.29 is 9.53 Å². The molecule has 0 heterocycles. The van der Waals surface area contributed by atoms with E-state index in [9.17, 15) is 4.79 Å². The second-order valence-electron chi connectivity index (χ2n) is 5.03.